The molecule has 0 amide bonds. The first kappa shape index (κ1) is 15.0. The minimum atomic E-state index is -0.535. The molecule has 2 rings (SSSR count). The zero-order valence-corrected chi connectivity index (χ0v) is 11.1. The van der Waals surface area contributed by atoms with E-state index in [-0.39, 0.29) is 18.3 Å². The number of hydrogen-bond donors (Lipinski definition) is 2. The smallest absolute Gasteiger partial charge is 0.0995 e. The normalized spacial score (nSPS) is 18.7. The molecule has 1 saturated carbocycles. The van der Waals surface area contributed by atoms with E-state index >= 15 is 0 Å². The maximum Gasteiger partial charge on any atom is 0.0995 e. The van der Waals surface area contributed by atoms with Crippen molar-refractivity contribution in [3.63, 3.8) is 0 Å². The molecular weight excluding hydrogens is 248 g/mol. The number of nitrogens with two attached hydrogens (primary N) is 1. The van der Waals surface area contributed by atoms with Crippen LogP contribution in [0.5, 0.6) is 0 Å². The van der Waals surface area contributed by atoms with Crippen LogP contribution in [0.25, 0.3) is 0 Å². The van der Waals surface area contributed by atoms with Gasteiger partial charge < -0.3 is 10.8 Å². The minimum absolute atomic E-state index is 0. The van der Waals surface area contributed by atoms with Gasteiger partial charge in [0.15, 0.2) is 0 Å². The second-order valence-electron chi connectivity index (χ2n) is 4.76. The van der Waals surface area contributed by atoms with Gasteiger partial charge >= 0.3 is 0 Å². The van der Waals surface area contributed by atoms with Crippen LogP contribution in [0.3, 0.4) is 0 Å². The van der Waals surface area contributed by atoms with Crippen LogP contribution < -0.4 is 5.73 Å². The predicted octanol–water partition coefficient (Wildman–Crippen LogP) is 2.53. The Morgan fingerprint density at radius 2 is 1.89 bits per heavy atom. The Labute approximate surface area is 114 Å². The van der Waals surface area contributed by atoms with Gasteiger partial charge in [-0.25, -0.2) is 0 Å². The zero-order chi connectivity index (χ0) is 12.3. The van der Waals surface area contributed by atoms with Crippen LogP contribution in [-0.2, 0) is 0 Å². The van der Waals surface area contributed by atoms with Crippen LogP contribution in [0.1, 0.15) is 42.9 Å². The van der Waals surface area contributed by atoms with Gasteiger partial charge in [0.1, 0.15) is 0 Å². The minimum Gasteiger partial charge on any atom is -0.391 e. The van der Waals surface area contributed by atoms with Crippen molar-refractivity contribution >= 4 is 12.4 Å². The molecule has 0 bridgehead atoms. The van der Waals surface area contributed by atoms with Crippen LogP contribution in [0, 0.1) is 17.2 Å². The molecule has 2 atom stereocenters. The standard InChI is InChI=1S/C14H18N2O.ClH/c15-9-11-7-3-4-8-12(11)13(16)14(17)10-5-1-2-6-10;/h3-4,7-8,10,13-14,17H,1-2,5-6,16H2;1H/t13-,14+;/m0./s1. The fourth-order valence-corrected chi connectivity index (χ4v) is 2.67. The van der Waals surface area contributed by atoms with E-state index in [2.05, 4.69) is 6.07 Å². The Hall–Kier alpha value is -1.08. The quantitative estimate of drug-likeness (QED) is 0.883. The lowest BCUT2D eigenvalue weighted by molar-refractivity contribution is 0.0844. The van der Waals surface area contributed by atoms with Gasteiger partial charge in [0.25, 0.3) is 0 Å². The van der Waals surface area contributed by atoms with Crippen molar-refractivity contribution in [3.8, 4) is 6.07 Å². The van der Waals surface area contributed by atoms with Crippen molar-refractivity contribution in [3.05, 3.63) is 35.4 Å². The van der Waals surface area contributed by atoms with E-state index in [0.717, 1.165) is 18.4 Å². The molecule has 0 saturated heterocycles. The summed E-state index contributed by atoms with van der Waals surface area (Å²) in [4.78, 5) is 0. The third-order valence-corrected chi connectivity index (χ3v) is 3.69. The molecule has 0 heterocycles. The molecule has 0 aromatic heterocycles. The summed E-state index contributed by atoms with van der Waals surface area (Å²) < 4.78 is 0. The molecule has 1 aromatic carbocycles. The van der Waals surface area contributed by atoms with Crippen LogP contribution >= 0.6 is 12.4 Å². The Morgan fingerprint density at radius 1 is 1.28 bits per heavy atom. The van der Waals surface area contributed by atoms with Crippen molar-refractivity contribution < 1.29 is 5.11 Å². The largest absolute Gasteiger partial charge is 0.391 e. The summed E-state index contributed by atoms with van der Waals surface area (Å²) in [6.45, 7) is 0. The second kappa shape index (κ2) is 6.75. The van der Waals surface area contributed by atoms with E-state index in [0.29, 0.717) is 5.56 Å². The summed E-state index contributed by atoms with van der Waals surface area (Å²) in [5.74, 6) is 0.289. The van der Waals surface area contributed by atoms with E-state index < -0.39 is 12.1 Å². The van der Waals surface area contributed by atoms with E-state index in [4.69, 9.17) is 11.0 Å². The van der Waals surface area contributed by atoms with Gasteiger partial charge in [-0.15, -0.1) is 12.4 Å². The van der Waals surface area contributed by atoms with E-state index in [9.17, 15) is 5.11 Å². The lowest BCUT2D eigenvalue weighted by Crippen LogP contribution is -2.32. The fourth-order valence-electron chi connectivity index (χ4n) is 2.67. The van der Waals surface area contributed by atoms with Crippen molar-refractivity contribution in [2.24, 2.45) is 11.7 Å². The molecule has 0 spiro atoms. The highest BCUT2D eigenvalue weighted by Gasteiger charge is 2.29. The Bertz CT molecular complexity index is 424. The van der Waals surface area contributed by atoms with Gasteiger partial charge in [0, 0.05) is 0 Å². The summed E-state index contributed by atoms with van der Waals surface area (Å²) >= 11 is 0. The topological polar surface area (TPSA) is 70.0 Å². The molecule has 1 aliphatic rings. The van der Waals surface area contributed by atoms with E-state index in [1.54, 1.807) is 6.07 Å². The molecule has 0 unspecified atom stereocenters. The molecule has 1 aliphatic carbocycles. The number of aliphatic hydroxyl groups excluding tert-OH is 1. The van der Waals surface area contributed by atoms with Crippen LogP contribution in [0.15, 0.2) is 24.3 Å². The maximum atomic E-state index is 10.3. The average Bonchev–Trinajstić information content (AvgIpc) is 2.90. The molecule has 1 aromatic rings. The van der Waals surface area contributed by atoms with Crippen molar-refractivity contribution in [2.45, 2.75) is 37.8 Å². The van der Waals surface area contributed by atoms with Gasteiger partial charge in [-0.3, -0.25) is 0 Å². The molecular formula is C14H19ClN2O. The molecule has 0 aliphatic heterocycles. The summed E-state index contributed by atoms with van der Waals surface area (Å²) in [5.41, 5.74) is 7.42. The van der Waals surface area contributed by atoms with Gasteiger partial charge in [-0.05, 0) is 30.4 Å². The Kier molecular flexibility index (Phi) is 5.61. The van der Waals surface area contributed by atoms with Gasteiger partial charge in [-0.2, -0.15) is 5.26 Å². The first-order chi connectivity index (χ1) is 8.24. The summed E-state index contributed by atoms with van der Waals surface area (Å²) in [6.07, 6.45) is 3.91. The Balaban J connectivity index is 0.00000162. The van der Waals surface area contributed by atoms with E-state index in [1.165, 1.54) is 12.8 Å². The highest BCUT2D eigenvalue weighted by molar-refractivity contribution is 5.85. The van der Waals surface area contributed by atoms with Gasteiger partial charge in [-0.1, -0.05) is 31.0 Å². The van der Waals surface area contributed by atoms with Gasteiger partial charge in [0.05, 0.1) is 23.8 Å². The highest BCUT2D eigenvalue weighted by atomic mass is 35.5. The number of aliphatic hydroxyl groups is 1. The van der Waals surface area contributed by atoms with E-state index in [1.807, 2.05) is 18.2 Å². The molecule has 3 nitrogen and oxygen atoms in total. The third-order valence-electron chi connectivity index (χ3n) is 3.69. The molecule has 98 valence electrons. The Morgan fingerprint density at radius 3 is 2.50 bits per heavy atom. The van der Waals surface area contributed by atoms with Crippen molar-refractivity contribution in [1.29, 1.82) is 5.26 Å². The summed E-state index contributed by atoms with van der Waals surface area (Å²) in [6, 6.07) is 8.94. The maximum absolute atomic E-state index is 10.3. The molecule has 1 fully saturated rings. The molecule has 0 radical (unpaired) electrons. The number of halogens is 1. The number of hydrogen-bond acceptors (Lipinski definition) is 3. The molecule has 18 heavy (non-hydrogen) atoms. The summed E-state index contributed by atoms with van der Waals surface area (Å²) in [7, 11) is 0. The van der Waals surface area contributed by atoms with Crippen LogP contribution in [-0.4, -0.2) is 11.2 Å². The zero-order valence-electron chi connectivity index (χ0n) is 10.2. The number of rotatable bonds is 3. The van der Waals surface area contributed by atoms with Crippen molar-refractivity contribution in [1.82, 2.24) is 0 Å². The van der Waals surface area contributed by atoms with Gasteiger partial charge in [0.2, 0.25) is 0 Å². The lowest BCUT2D eigenvalue weighted by Gasteiger charge is -2.25. The predicted molar refractivity (Wildman–Crippen MR) is 73.3 cm³/mol. The summed E-state index contributed by atoms with van der Waals surface area (Å²) in [5, 5.41) is 19.3. The second-order valence-corrected chi connectivity index (χ2v) is 4.76. The first-order valence-corrected chi connectivity index (χ1v) is 6.16. The molecule has 3 N–H and O–H groups in total. The number of nitrogens with zero attached hydrogens (tertiary/aromatic N) is 1. The number of benzene rings is 1. The SMILES string of the molecule is Cl.N#Cc1ccccc1[C@H](N)[C@H](O)C1CCCC1. The lowest BCUT2D eigenvalue weighted by atomic mass is 9.89. The van der Waals surface area contributed by atoms with Crippen LogP contribution in [0.2, 0.25) is 0 Å². The fraction of sp³-hybridized carbons (Fsp3) is 0.500. The van der Waals surface area contributed by atoms with Crippen molar-refractivity contribution in [2.75, 3.05) is 0 Å². The monoisotopic (exact) mass is 266 g/mol. The third kappa shape index (κ3) is 3.02. The van der Waals surface area contributed by atoms with Crippen LogP contribution in [0.4, 0.5) is 0 Å². The molecule has 4 heteroatoms. The highest BCUT2D eigenvalue weighted by Crippen LogP contribution is 2.33. The number of nitriles is 1. The average molecular weight is 267 g/mol. The first-order valence-electron chi connectivity index (χ1n) is 6.16.